The summed E-state index contributed by atoms with van der Waals surface area (Å²) < 4.78 is 6.24. The van der Waals surface area contributed by atoms with Crippen LogP contribution in [0.2, 0.25) is 0 Å². The highest BCUT2D eigenvalue weighted by molar-refractivity contribution is 8.02. The number of urea groups is 1. The second kappa shape index (κ2) is 11.3. The molecule has 3 heterocycles. The third kappa shape index (κ3) is 4.83. The number of benzene rings is 3. The number of hydrogen-bond donors (Lipinski definition) is 1. The van der Waals surface area contributed by atoms with E-state index >= 15 is 0 Å². The number of ether oxygens (including phenoxy) is 1. The van der Waals surface area contributed by atoms with Gasteiger partial charge in [0.1, 0.15) is 11.4 Å². The Morgan fingerprint density at radius 3 is 2.10 bits per heavy atom. The summed E-state index contributed by atoms with van der Waals surface area (Å²) >= 11 is 1.21. The van der Waals surface area contributed by atoms with Crippen molar-refractivity contribution in [2.45, 2.75) is 22.4 Å². The first-order chi connectivity index (χ1) is 19.0. The number of amides is 3. The van der Waals surface area contributed by atoms with Crippen LogP contribution in [0.1, 0.15) is 22.8 Å². The number of nitrogens with zero attached hydrogens (tertiary/aromatic N) is 4. The van der Waals surface area contributed by atoms with Crippen molar-refractivity contribution >= 4 is 48.3 Å². The SMILES string of the molecule is Cl.N[C@@H]1C(=O)N2C[C@@](C(=O)OC(c3ccccc3)c3ccccc3)(N3CCN(/N=C/c4ccccc4)C3=O)S[C@H]12. The average Bonchev–Trinajstić information content (AvgIpc) is 3.55. The van der Waals surface area contributed by atoms with Crippen LogP contribution in [-0.2, 0) is 14.3 Å². The van der Waals surface area contributed by atoms with E-state index in [2.05, 4.69) is 5.10 Å². The Hall–Kier alpha value is -3.86. The second-order valence-electron chi connectivity index (χ2n) is 9.60. The smallest absolute Gasteiger partial charge is 0.345 e. The largest absolute Gasteiger partial charge is 0.450 e. The molecule has 0 radical (unpaired) electrons. The van der Waals surface area contributed by atoms with Gasteiger partial charge in [0.15, 0.2) is 6.10 Å². The van der Waals surface area contributed by atoms with E-state index < -0.39 is 34.4 Å². The normalized spacial score (nSPS) is 23.8. The number of hydrazone groups is 1. The van der Waals surface area contributed by atoms with Crippen LogP contribution in [0.15, 0.2) is 96.1 Å². The predicted molar refractivity (Wildman–Crippen MR) is 155 cm³/mol. The molecule has 40 heavy (non-hydrogen) atoms. The molecule has 0 aliphatic carbocycles. The Morgan fingerprint density at radius 1 is 0.950 bits per heavy atom. The van der Waals surface area contributed by atoms with Gasteiger partial charge in [-0.05, 0) is 16.7 Å². The third-order valence-corrected chi connectivity index (χ3v) is 8.90. The molecule has 206 valence electrons. The highest BCUT2D eigenvalue weighted by Crippen LogP contribution is 2.50. The van der Waals surface area contributed by atoms with Crippen molar-refractivity contribution in [1.82, 2.24) is 14.8 Å². The Kier molecular flexibility index (Phi) is 7.84. The van der Waals surface area contributed by atoms with Crippen molar-refractivity contribution in [2.24, 2.45) is 10.8 Å². The van der Waals surface area contributed by atoms with Gasteiger partial charge in [-0.2, -0.15) is 5.10 Å². The van der Waals surface area contributed by atoms with Gasteiger partial charge in [-0.15, -0.1) is 12.4 Å². The fourth-order valence-electron chi connectivity index (χ4n) is 5.12. The number of β-lactam (4-membered cyclic amide) rings is 1. The van der Waals surface area contributed by atoms with Crippen molar-refractivity contribution in [3.05, 3.63) is 108 Å². The summed E-state index contributed by atoms with van der Waals surface area (Å²) in [6, 6.07) is 27.2. The standard InChI is InChI=1S/C29H27N5O4S.ClH/c30-23-25(35)32-19-29(39-26(23)32,33-16-17-34(28(33)37)31-18-20-10-4-1-5-11-20)27(36)38-24(21-12-6-2-7-13-21)22-14-8-3-9-15-22;/h1-15,18,23-24,26H,16-17,19,30H2;1H/b31-18+;/t23-,26-,29-;/m1./s1. The molecule has 11 heteroatoms. The maximum absolute atomic E-state index is 14.2. The lowest BCUT2D eigenvalue weighted by Gasteiger charge is -2.38. The number of halogens is 1. The lowest BCUT2D eigenvalue weighted by Crippen LogP contribution is -2.65. The third-order valence-electron chi connectivity index (χ3n) is 7.20. The zero-order valence-corrected chi connectivity index (χ0v) is 23.0. The average molecular weight is 578 g/mol. The van der Waals surface area contributed by atoms with Crippen LogP contribution in [0.25, 0.3) is 0 Å². The quantitative estimate of drug-likeness (QED) is 0.262. The molecule has 3 saturated heterocycles. The van der Waals surface area contributed by atoms with Crippen molar-refractivity contribution in [3.8, 4) is 0 Å². The van der Waals surface area contributed by atoms with Gasteiger partial charge in [0, 0.05) is 6.54 Å². The molecule has 0 saturated carbocycles. The highest BCUT2D eigenvalue weighted by atomic mass is 35.5. The summed E-state index contributed by atoms with van der Waals surface area (Å²) in [6.45, 7) is 0.549. The fraction of sp³-hybridized carbons (Fsp3) is 0.241. The van der Waals surface area contributed by atoms with E-state index in [9.17, 15) is 14.4 Å². The molecule has 9 nitrogen and oxygen atoms in total. The Bertz CT molecular complexity index is 1370. The monoisotopic (exact) mass is 577 g/mol. The van der Waals surface area contributed by atoms with Gasteiger partial charge >= 0.3 is 12.0 Å². The molecule has 3 amide bonds. The van der Waals surface area contributed by atoms with E-state index in [4.69, 9.17) is 10.5 Å². The zero-order chi connectivity index (χ0) is 27.0. The number of carbonyl (C=O) groups is 3. The summed E-state index contributed by atoms with van der Waals surface area (Å²) in [7, 11) is 0. The molecule has 3 aliphatic rings. The maximum atomic E-state index is 14.2. The number of fused-ring (bicyclic) bond motifs is 1. The molecular formula is C29H28ClN5O4S. The Morgan fingerprint density at radius 2 is 1.52 bits per heavy atom. The molecular weight excluding hydrogens is 550 g/mol. The van der Waals surface area contributed by atoms with Crippen LogP contribution in [0.4, 0.5) is 4.79 Å². The molecule has 2 N–H and O–H groups in total. The Balaban J connectivity index is 0.00000323. The predicted octanol–water partition coefficient (Wildman–Crippen LogP) is 3.45. The molecule has 3 aromatic carbocycles. The van der Waals surface area contributed by atoms with E-state index in [0.29, 0.717) is 6.54 Å². The summed E-state index contributed by atoms with van der Waals surface area (Å²) in [6.07, 6.45) is 0.918. The van der Waals surface area contributed by atoms with Crippen molar-refractivity contribution in [1.29, 1.82) is 0 Å². The van der Waals surface area contributed by atoms with Gasteiger partial charge in [0.05, 0.1) is 19.3 Å². The second-order valence-corrected chi connectivity index (χ2v) is 11.0. The molecule has 0 bridgehead atoms. The van der Waals surface area contributed by atoms with Crippen molar-refractivity contribution in [2.75, 3.05) is 19.6 Å². The van der Waals surface area contributed by atoms with E-state index in [-0.39, 0.29) is 31.4 Å². The number of hydrogen-bond acceptors (Lipinski definition) is 7. The first-order valence-electron chi connectivity index (χ1n) is 12.7. The van der Waals surface area contributed by atoms with Gasteiger partial charge in [-0.3, -0.25) is 9.69 Å². The van der Waals surface area contributed by atoms with Crippen LogP contribution >= 0.6 is 24.2 Å². The van der Waals surface area contributed by atoms with Crippen LogP contribution in [0.3, 0.4) is 0 Å². The van der Waals surface area contributed by atoms with Gasteiger partial charge in [0.2, 0.25) is 10.8 Å². The van der Waals surface area contributed by atoms with E-state index in [1.54, 1.807) is 11.1 Å². The lowest BCUT2D eigenvalue weighted by molar-refractivity contribution is -0.156. The van der Waals surface area contributed by atoms with Crippen LogP contribution in [0, 0.1) is 0 Å². The van der Waals surface area contributed by atoms with E-state index in [1.807, 2.05) is 91.0 Å². The fourth-order valence-corrected chi connectivity index (χ4v) is 6.74. The highest BCUT2D eigenvalue weighted by Gasteiger charge is 2.66. The minimum Gasteiger partial charge on any atom is -0.450 e. The number of nitrogens with two attached hydrogens (primary N) is 1. The lowest BCUT2D eigenvalue weighted by atomic mass is 10.0. The molecule has 0 aromatic heterocycles. The Labute approximate surface area is 242 Å². The van der Waals surface area contributed by atoms with E-state index in [0.717, 1.165) is 16.7 Å². The topological polar surface area (TPSA) is 109 Å². The molecule has 0 spiro atoms. The van der Waals surface area contributed by atoms with Gasteiger partial charge in [-0.1, -0.05) is 103 Å². The number of thioether (sulfide) groups is 1. The molecule has 6 rings (SSSR count). The van der Waals surface area contributed by atoms with E-state index in [1.165, 1.54) is 21.7 Å². The first-order valence-corrected chi connectivity index (χ1v) is 13.6. The minimum absolute atomic E-state index is 0. The van der Waals surface area contributed by atoms with Crippen molar-refractivity contribution in [3.63, 3.8) is 0 Å². The summed E-state index contributed by atoms with van der Waals surface area (Å²) in [5.74, 6) is -0.836. The molecule has 3 fully saturated rings. The zero-order valence-electron chi connectivity index (χ0n) is 21.4. The summed E-state index contributed by atoms with van der Waals surface area (Å²) in [5.41, 5.74) is 8.53. The number of esters is 1. The molecule has 3 aromatic rings. The summed E-state index contributed by atoms with van der Waals surface area (Å²) in [5, 5.41) is 5.31. The maximum Gasteiger partial charge on any atom is 0.345 e. The molecule has 0 unspecified atom stereocenters. The summed E-state index contributed by atoms with van der Waals surface area (Å²) in [4.78, 5) is 41.9. The van der Waals surface area contributed by atoms with Gasteiger partial charge in [-0.25, -0.2) is 14.6 Å². The van der Waals surface area contributed by atoms with Crippen LogP contribution in [-0.4, -0.2) is 74.9 Å². The van der Waals surface area contributed by atoms with Crippen LogP contribution in [0.5, 0.6) is 0 Å². The van der Waals surface area contributed by atoms with Gasteiger partial charge in [0.25, 0.3) is 0 Å². The minimum atomic E-state index is -1.45. The van der Waals surface area contributed by atoms with Crippen molar-refractivity contribution < 1.29 is 19.1 Å². The molecule has 3 aliphatic heterocycles. The number of rotatable bonds is 7. The molecule has 3 atom stereocenters. The van der Waals surface area contributed by atoms with Gasteiger partial charge < -0.3 is 15.4 Å². The first kappa shape index (κ1) is 27.7. The van der Waals surface area contributed by atoms with Crippen LogP contribution < -0.4 is 5.73 Å². The number of carbonyl (C=O) groups excluding carboxylic acids is 3.